The van der Waals surface area contributed by atoms with E-state index in [-0.39, 0.29) is 24.1 Å². The van der Waals surface area contributed by atoms with Gasteiger partial charge in [-0.25, -0.2) is 0 Å². The Kier molecular flexibility index (Phi) is 7.66. The van der Waals surface area contributed by atoms with Crippen LogP contribution in [0.3, 0.4) is 0 Å². The molecule has 0 aromatic heterocycles. The van der Waals surface area contributed by atoms with E-state index in [4.69, 9.17) is 9.84 Å². The molecule has 0 aromatic rings. The van der Waals surface area contributed by atoms with Gasteiger partial charge in [0.25, 0.3) is 0 Å². The van der Waals surface area contributed by atoms with Crippen LogP contribution in [0, 0.1) is 0 Å². The fourth-order valence-electron chi connectivity index (χ4n) is 2.45. The van der Waals surface area contributed by atoms with Crippen LogP contribution in [0.5, 0.6) is 0 Å². The molecule has 3 heteroatoms. The lowest BCUT2D eigenvalue weighted by molar-refractivity contribution is -0.114. The maximum atomic E-state index is 11.7. The molecule has 0 radical (unpaired) electrons. The van der Waals surface area contributed by atoms with Crippen molar-refractivity contribution in [3.8, 4) is 0 Å². The lowest BCUT2D eigenvalue weighted by Gasteiger charge is -2.00. The van der Waals surface area contributed by atoms with E-state index in [0.29, 0.717) is 6.42 Å². The maximum Gasteiger partial charge on any atom is 0.159 e. The van der Waals surface area contributed by atoms with Gasteiger partial charge in [0.15, 0.2) is 5.78 Å². The van der Waals surface area contributed by atoms with Gasteiger partial charge in [0.1, 0.15) is 5.60 Å². The zero-order valence-corrected chi connectivity index (χ0v) is 15.1. The molecule has 2 unspecified atom stereocenters. The molecule has 1 fully saturated rings. The summed E-state index contributed by atoms with van der Waals surface area (Å²) < 4.78 is 5.77. The van der Waals surface area contributed by atoms with Crippen molar-refractivity contribution in [2.75, 3.05) is 6.61 Å². The molecule has 0 saturated carbocycles. The van der Waals surface area contributed by atoms with Crippen LogP contribution in [-0.2, 0) is 9.53 Å². The summed E-state index contributed by atoms with van der Waals surface area (Å²) in [7, 11) is 0. The number of rotatable bonds is 9. The van der Waals surface area contributed by atoms with Gasteiger partial charge in [0, 0.05) is 6.42 Å². The molecule has 1 aliphatic rings. The average Bonchev–Trinajstić information content (AvgIpc) is 3.06. The topological polar surface area (TPSA) is 49.8 Å². The van der Waals surface area contributed by atoms with Crippen molar-refractivity contribution in [2.24, 2.45) is 0 Å². The van der Waals surface area contributed by atoms with Crippen LogP contribution >= 0.6 is 0 Å². The summed E-state index contributed by atoms with van der Waals surface area (Å²) in [5.41, 5.74) is 3.09. The molecule has 1 heterocycles. The van der Waals surface area contributed by atoms with E-state index >= 15 is 0 Å². The van der Waals surface area contributed by atoms with Crippen molar-refractivity contribution >= 4 is 5.78 Å². The molecule has 0 aromatic carbocycles. The van der Waals surface area contributed by atoms with Crippen molar-refractivity contribution in [3.63, 3.8) is 0 Å². The number of ketones is 1. The lowest BCUT2D eigenvalue weighted by atomic mass is 10.0. The highest BCUT2D eigenvalue weighted by Crippen LogP contribution is 2.40. The zero-order chi connectivity index (χ0) is 17.5. The number of epoxide rings is 1. The quantitative estimate of drug-likeness (QED) is 0.392. The second-order valence-electron chi connectivity index (χ2n) is 6.78. The van der Waals surface area contributed by atoms with E-state index in [1.165, 1.54) is 0 Å². The number of hydrogen-bond acceptors (Lipinski definition) is 3. The Morgan fingerprint density at radius 3 is 2.48 bits per heavy atom. The van der Waals surface area contributed by atoms with E-state index in [9.17, 15) is 4.79 Å². The predicted octanol–water partition coefficient (Wildman–Crippen LogP) is 4.29. The predicted molar refractivity (Wildman–Crippen MR) is 95.3 cm³/mol. The van der Waals surface area contributed by atoms with Gasteiger partial charge in [0.2, 0.25) is 0 Å². The lowest BCUT2D eigenvalue weighted by Crippen LogP contribution is -2.05. The van der Waals surface area contributed by atoms with Gasteiger partial charge in [-0.3, -0.25) is 4.79 Å². The van der Waals surface area contributed by atoms with E-state index < -0.39 is 0 Å². The summed E-state index contributed by atoms with van der Waals surface area (Å²) in [4.78, 5) is 11.7. The number of aliphatic hydroxyl groups is 1. The Balaban J connectivity index is 2.41. The Bertz CT molecular complexity index is 533. The van der Waals surface area contributed by atoms with Crippen molar-refractivity contribution in [1.82, 2.24) is 0 Å². The minimum absolute atomic E-state index is 0.0889. The highest BCUT2D eigenvalue weighted by atomic mass is 16.6. The summed E-state index contributed by atoms with van der Waals surface area (Å²) in [5, 5.41) is 8.82. The molecule has 0 amide bonds. The second-order valence-corrected chi connectivity index (χ2v) is 6.78. The molecule has 0 bridgehead atoms. The first-order chi connectivity index (χ1) is 10.8. The van der Waals surface area contributed by atoms with Crippen molar-refractivity contribution in [2.45, 2.75) is 65.6 Å². The fourth-order valence-corrected chi connectivity index (χ4v) is 2.45. The summed E-state index contributed by atoms with van der Waals surface area (Å²) in [6, 6.07) is 0. The first-order valence-corrected chi connectivity index (χ1v) is 8.22. The molecule has 1 aliphatic heterocycles. The van der Waals surface area contributed by atoms with Crippen LogP contribution < -0.4 is 0 Å². The molecule has 23 heavy (non-hydrogen) atoms. The molecule has 0 spiro atoms. The Hall–Kier alpha value is -1.45. The van der Waals surface area contributed by atoms with E-state index in [1.807, 2.05) is 33.8 Å². The number of allylic oxidation sites excluding steroid dienone is 5. The number of aliphatic hydroxyl groups excluding tert-OH is 1. The third-order valence-corrected chi connectivity index (χ3v) is 3.89. The van der Waals surface area contributed by atoms with Gasteiger partial charge in [0.05, 0.1) is 12.7 Å². The van der Waals surface area contributed by atoms with Crippen molar-refractivity contribution < 1.29 is 14.6 Å². The zero-order valence-electron chi connectivity index (χ0n) is 15.1. The van der Waals surface area contributed by atoms with Gasteiger partial charge in [-0.1, -0.05) is 41.0 Å². The molecule has 128 valence electrons. The van der Waals surface area contributed by atoms with Crippen LogP contribution in [0.4, 0.5) is 0 Å². The molecular formula is C20H30O3. The summed E-state index contributed by atoms with van der Waals surface area (Å²) in [5.74, 6) is 0.157. The molecule has 2 atom stereocenters. The molecule has 1 saturated heterocycles. The molecule has 1 rings (SSSR count). The fraction of sp³-hybridized carbons (Fsp3) is 0.550. The largest absolute Gasteiger partial charge is 0.392 e. The van der Waals surface area contributed by atoms with Crippen molar-refractivity contribution in [3.05, 3.63) is 47.1 Å². The number of ether oxygens (including phenoxy) is 1. The second kappa shape index (κ2) is 8.99. The SMILES string of the molecule is CC(C)=CC(=O)CC(C)=CCC1OC1(C)C=CCC(C)=CCO. The minimum Gasteiger partial charge on any atom is -0.392 e. The summed E-state index contributed by atoms with van der Waals surface area (Å²) in [6.07, 6.45) is 12.1. The Labute approximate surface area is 140 Å². The third kappa shape index (κ3) is 7.58. The van der Waals surface area contributed by atoms with Gasteiger partial charge in [-0.05, 0) is 53.5 Å². The van der Waals surface area contributed by atoms with E-state index in [2.05, 4.69) is 25.2 Å². The van der Waals surface area contributed by atoms with Gasteiger partial charge < -0.3 is 9.84 Å². The van der Waals surface area contributed by atoms with Crippen LogP contribution in [0.25, 0.3) is 0 Å². The molecule has 0 aliphatic carbocycles. The number of hydrogen-bond donors (Lipinski definition) is 1. The van der Waals surface area contributed by atoms with Crippen LogP contribution in [-0.4, -0.2) is 29.2 Å². The monoisotopic (exact) mass is 318 g/mol. The van der Waals surface area contributed by atoms with Crippen molar-refractivity contribution in [1.29, 1.82) is 0 Å². The summed E-state index contributed by atoms with van der Waals surface area (Å²) in [6.45, 7) is 10.0. The number of carbonyl (C=O) groups is 1. The molecular weight excluding hydrogens is 288 g/mol. The smallest absolute Gasteiger partial charge is 0.159 e. The first kappa shape index (κ1) is 19.6. The molecule has 3 nitrogen and oxygen atoms in total. The number of carbonyl (C=O) groups excluding carboxylic acids is 1. The van der Waals surface area contributed by atoms with Gasteiger partial charge in [-0.15, -0.1) is 0 Å². The standard InChI is InChI=1S/C20H30O3/c1-15(2)13-18(22)14-17(4)8-9-19-20(5,23-19)11-6-7-16(3)10-12-21/h6,8,10-11,13,19,21H,7,9,12,14H2,1-5H3. The van der Waals surface area contributed by atoms with Gasteiger partial charge >= 0.3 is 0 Å². The highest BCUT2D eigenvalue weighted by Gasteiger charge is 2.48. The highest BCUT2D eigenvalue weighted by molar-refractivity contribution is 5.91. The Morgan fingerprint density at radius 2 is 1.87 bits per heavy atom. The summed E-state index contributed by atoms with van der Waals surface area (Å²) >= 11 is 0. The maximum absolute atomic E-state index is 11.7. The molecule has 1 N–H and O–H groups in total. The normalized spacial score (nSPS) is 24.9. The van der Waals surface area contributed by atoms with Crippen LogP contribution in [0.15, 0.2) is 47.1 Å². The van der Waals surface area contributed by atoms with E-state index in [1.54, 1.807) is 6.08 Å². The third-order valence-electron chi connectivity index (χ3n) is 3.89. The van der Waals surface area contributed by atoms with Gasteiger partial charge in [-0.2, -0.15) is 0 Å². The first-order valence-electron chi connectivity index (χ1n) is 8.22. The Morgan fingerprint density at radius 1 is 1.17 bits per heavy atom. The van der Waals surface area contributed by atoms with E-state index in [0.717, 1.165) is 29.6 Å². The minimum atomic E-state index is -0.194. The van der Waals surface area contributed by atoms with Crippen LogP contribution in [0.2, 0.25) is 0 Å². The van der Waals surface area contributed by atoms with Crippen LogP contribution in [0.1, 0.15) is 53.9 Å². The average molecular weight is 318 g/mol.